The maximum atomic E-state index is 13.7. The van der Waals surface area contributed by atoms with Gasteiger partial charge in [-0.1, -0.05) is 17.7 Å². The molecule has 1 aromatic heterocycles. The van der Waals surface area contributed by atoms with Crippen LogP contribution in [0.25, 0.3) is 22.3 Å². The number of hydrogen-bond acceptors (Lipinski definition) is 6. The van der Waals surface area contributed by atoms with E-state index in [1.807, 2.05) is 14.0 Å². The van der Waals surface area contributed by atoms with Crippen LogP contribution in [0.1, 0.15) is 15.9 Å². The minimum Gasteiger partial charge on any atom is -0.336 e. The molecular formula is C27H25FN4O3S. The van der Waals surface area contributed by atoms with E-state index in [0.29, 0.717) is 35.2 Å². The second-order valence-electron chi connectivity index (χ2n) is 9.00. The van der Waals surface area contributed by atoms with E-state index in [-0.39, 0.29) is 21.5 Å². The Morgan fingerprint density at radius 3 is 2.19 bits per heavy atom. The Bertz CT molecular complexity index is 1550. The SMILES string of the molecule is Cc1ccc(S(=O)(=O)c2nc3cc(C(=O)N4CCN(C)CC4)ccc3nc2-c2ccc(F)cc2)cc1. The van der Waals surface area contributed by atoms with E-state index < -0.39 is 15.7 Å². The van der Waals surface area contributed by atoms with Gasteiger partial charge in [-0.2, -0.15) is 0 Å². The number of halogens is 1. The van der Waals surface area contributed by atoms with E-state index in [1.54, 1.807) is 35.2 Å². The fraction of sp³-hybridized carbons (Fsp3) is 0.222. The van der Waals surface area contributed by atoms with Crippen LogP contribution < -0.4 is 0 Å². The third-order valence-corrected chi connectivity index (χ3v) is 8.06. The minimum atomic E-state index is -4.06. The van der Waals surface area contributed by atoms with Gasteiger partial charge in [-0.25, -0.2) is 22.8 Å². The van der Waals surface area contributed by atoms with Gasteiger partial charge >= 0.3 is 0 Å². The molecule has 0 spiro atoms. The first-order valence-corrected chi connectivity index (χ1v) is 13.1. The fourth-order valence-corrected chi connectivity index (χ4v) is 5.53. The van der Waals surface area contributed by atoms with Crippen molar-refractivity contribution in [2.45, 2.75) is 16.8 Å². The summed E-state index contributed by atoms with van der Waals surface area (Å²) in [6.07, 6.45) is 0. The van der Waals surface area contributed by atoms with Crippen molar-refractivity contribution in [3.8, 4) is 11.3 Å². The number of benzene rings is 3. The molecule has 0 atom stereocenters. The molecule has 1 fully saturated rings. The van der Waals surface area contributed by atoms with Gasteiger partial charge in [-0.3, -0.25) is 4.79 Å². The topological polar surface area (TPSA) is 83.5 Å². The lowest BCUT2D eigenvalue weighted by atomic mass is 10.1. The number of amides is 1. The van der Waals surface area contributed by atoms with Gasteiger partial charge < -0.3 is 9.80 Å². The largest absolute Gasteiger partial charge is 0.336 e. The number of hydrogen-bond donors (Lipinski definition) is 0. The summed E-state index contributed by atoms with van der Waals surface area (Å²) in [6, 6.07) is 16.9. The van der Waals surface area contributed by atoms with Crippen molar-refractivity contribution in [2.75, 3.05) is 33.2 Å². The predicted octanol–water partition coefficient (Wildman–Crippen LogP) is 3.96. The molecule has 184 valence electrons. The number of sulfone groups is 1. The summed E-state index contributed by atoms with van der Waals surface area (Å²) in [4.78, 5) is 26.3. The maximum absolute atomic E-state index is 13.7. The lowest BCUT2D eigenvalue weighted by Crippen LogP contribution is -2.47. The van der Waals surface area contributed by atoms with Crippen LogP contribution in [0, 0.1) is 12.7 Å². The molecule has 0 radical (unpaired) electrons. The standard InChI is InChI=1S/C27H25FN4O3S/c1-18-3-10-22(11-4-18)36(34,35)26-25(19-5-8-21(28)9-6-19)29-23-12-7-20(17-24(23)30-26)27(33)32-15-13-31(2)14-16-32/h3-12,17H,13-16H2,1-2H3. The third kappa shape index (κ3) is 4.59. The molecule has 4 aromatic rings. The molecule has 3 aromatic carbocycles. The number of likely N-dealkylation sites (N-methyl/N-ethyl adjacent to an activating group) is 1. The Balaban J connectivity index is 1.65. The molecule has 36 heavy (non-hydrogen) atoms. The number of aromatic nitrogens is 2. The molecule has 0 unspecified atom stereocenters. The van der Waals surface area contributed by atoms with Crippen LogP contribution in [0.3, 0.4) is 0 Å². The van der Waals surface area contributed by atoms with Crippen LogP contribution in [-0.2, 0) is 9.84 Å². The van der Waals surface area contributed by atoms with Gasteiger partial charge in [0.1, 0.15) is 11.5 Å². The van der Waals surface area contributed by atoms with Crippen LogP contribution in [0.2, 0.25) is 0 Å². The van der Waals surface area contributed by atoms with E-state index in [4.69, 9.17) is 0 Å². The van der Waals surface area contributed by atoms with Crippen LogP contribution >= 0.6 is 0 Å². The van der Waals surface area contributed by atoms with Gasteiger partial charge in [0, 0.05) is 37.3 Å². The smallest absolute Gasteiger partial charge is 0.254 e. The normalized spacial score (nSPS) is 14.8. The Hall–Kier alpha value is -3.69. The zero-order chi connectivity index (χ0) is 25.4. The lowest BCUT2D eigenvalue weighted by Gasteiger charge is -2.32. The highest BCUT2D eigenvalue weighted by atomic mass is 32.2. The van der Waals surface area contributed by atoms with Crippen LogP contribution in [0.5, 0.6) is 0 Å². The molecule has 1 amide bonds. The number of piperazine rings is 1. The van der Waals surface area contributed by atoms with Crippen molar-refractivity contribution >= 4 is 26.8 Å². The lowest BCUT2D eigenvalue weighted by molar-refractivity contribution is 0.0664. The van der Waals surface area contributed by atoms with Gasteiger partial charge in [-0.15, -0.1) is 0 Å². The Kier molecular flexibility index (Phi) is 6.27. The van der Waals surface area contributed by atoms with Crippen LogP contribution in [-0.4, -0.2) is 67.3 Å². The summed E-state index contributed by atoms with van der Waals surface area (Å²) in [7, 11) is -2.05. The molecule has 2 heterocycles. The number of fused-ring (bicyclic) bond motifs is 1. The van der Waals surface area contributed by atoms with Gasteiger partial charge in [0.05, 0.1) is 15.9 Å². The molecule has 7 nitrogen and oxygen atoms in total. The van der Waals surface area contributed by atoms with Gasteiger partial charge in [0.15, 0.2) is 5.03 Å². The summed E-state index contributed by atoms with van der Waals surface area (Å²) in [5.74, 6) is -0.570. The summed E-state index contributed by atoms with van der Waals surface area (Å²) < 4.78 is 41.0. The number of nitrogens with zero attached hydrogens (tertiary/aromatic N) is 4. The van der Waals surface area contributed by atoms with Gasteiger partial charge in [0.25, 0.3) is 5.91 Å². The van der Waals surface area contributed by atoms with Crippen LogP contribution in [0.4, 0.5) is 4.39 Å². The van der Waals surface area contributed by atoms with Crippen molar-refractivity contribution in [3.05, 3.63) is 83.7 Å². The quantitative estimate of drug-likeness (QED) is 0.418. The summed E-state index contributed by atoms with van der Waals surface area (Å²) in [5.41, 5.74) is 2.63. The molecule has 0 aliphatic carbocycles. The number of rotatable bonds is 4. The number of carbonyl (C=O) groups excluding carboxylic acids is 1. The number of carbonyl (C=O) groups is 1. The van der Waals surface area contributed by atoms with E-state index in [9.17, 15) is 17.6 Å². The van der Waals surface area contributed by atoms with Gasteiger partial charge in [-0.05, 0) is 68.6 Å². The van der Waals surface area contributed by atoms with E-state index in [1.165, 1.54) is 36.4 Å². The molecule has 1 aliphatic rings. The van der Waals surface area contributed by atoms with Crippen LogP contribution in [0.15, 0.2) is 76.7 Å². The molecule has 9 heteroatoms. The maximum Gasteiger partial charge on any atom is 0.254 e. The van der Waals surface area contributed by atoms with Crippen molar-refractivity contribution in [3.63, 3.8) is 0 Å². The summed E-state index contributed by atoms with van der Waals surface area (Å²) in [5, 5.41) is -0.241. The van der Waals surface area contributed by atoms with E-state index >= 15 is 0 Å². The minimum absolute atomic E-state index is 0.0785. The molecule has 0 saturated carbocycles. The Labute approximate surface area is 209 Å². The fourth-order valence-electron chi connectivity index (χ4n) is 4.18. The molecule has 0 bridgehead atoms. The van der Waals surface area contributed by atoms with Crippen molar-refractivity contribution < 1.29 is 17.6 Å². The Morgan fingerprint density at radius 1 is 0.861 bits per heavy atom. The van der Waals surface area contributed by atoms with Crippen molar-refractivity contribution in [1.29, 1.82) is 0 Å². The zero-order valence-corrected chi connectivity index (χ0v) is 20.8. The monoisotopic (exact) mass is 504 g/mol. The van der Waals surface area contributed by atoms with Gasteiger partial charge in [0.2, 0.25) is 9.84 Å². The average molecular weight is 505 g/mol. The summed E-state index contributed by atoms with van der Waals surface area (Å²) in [6.45, 7) is 4.69. The first kappa shape index (κ1) is 24.0. The highest BCUT2D eigenvalue weighted by Crippen LogP contribution is 2.31. The second-order valence-corrected chi connectivity index (χ2v) is 10.9. The van der Waals surface area contributed by atoms with Crippen molar-refractivity contribution in [1.82, 2.24) is 19.8 Å². The Morgan fingerprint density at radius 2 is 1.53 bits per heavy atom. The first-order chi connectivity index (χ1) is 17.2. The molecule has 1 saturated heterocycles. The highest BCUT2D eigenvalue weighted by molar-refractivity contribution is 7.91. The summed E-state index contributed by atoms with van der Waals surface area (Å²) >= 11 is 0. The third-order valence-electron chi connectivity index (χ3n) is 6.37. The molecule has 1 aliphatic heterocycles. The average Bonchev–Trinajstić information content (AvgIpc) is 2.88. The molecule has 0 N–H and O–H groups in total. The second kappa shape index (κ2) is 9.40. The predicted molar refractivity (Wildman–Crippen MR) is 135 cm³/mol. The first-order valence-electron chi connectivity index (χ1n) is 11.6. The number of aryl methyl sites for hydroxylation is 1. The van der Waals surface area contributed by atoms with E-state index in [2.05, 4.69) is 14.9 Å². The zero-order valence-electron chi connectivity index (χ0n) is 20.0. The van der Waals surface area contributed by atoms with Crippen molar-refractivity contribution in [2.24, 2.45) is 0 Å². The molecule has 5 rings (SSSR count). The molecular weight excluding hydrogens is 479 g/mol. The van der Waals surface area contributed by atoms with E-state index in [0.717, 1.165) is 18.7 Å². The highest BCUT2D eigenvalue weighted by Gasteiger charge is 2.27.